The summed E-state index contributed by atoms with van der Waals surface area (Å²) in [5, 5.41) is 11.0. The van der Waals surface area contributed by atoms with Crippen molar-refractivity contribution >= 4 is 28.7 Å². The summed E-state index contributed by atoms with van der Waals surface area (Å²) < 4.78 is 11.7. The van der Waals surface area contributed by atoms with E-state index in [-0.39, 0.29) is 5.69 Å². The van der Waals surface area contributed by atoms with Crippen LogP contribution in [0.1, 0.15) is 18.2 Å². The number of hydrogen-bond acceptors (Lipinski definition) is 6. The number of rotatable bonds is 6. The van der Waals surface area contributed by atoms with E-state index >= 15 is 0 Å². The van der Waals surface area contributed by atoms with Crippen molar-refractivity contribution in [2.45, 2.75) is 13.3 Å². The van der Waals surface area contributed by atoms with Crippen LogP contribution >= 0.6 is 0 Å². The van der Waals surface area contributed by atoms with E-state index in [0.29, 0.717) is 23.0 Å². The fourth-order valence-corrected chi connectivity index (χ4v) is 3.49. The fraction of sp³-hybridized carbons (Fsp3) is 0.0769. The number of aliphatic imine (C=N–C) groups is 1. The zero-order valence-corrected chi connectivity index (χ0v) is 17.8. The van der Waals surface area contributed by atoms with Gasteiger partial charge in [0.05, 0.1) is 16.8 Å². The van der Waals surface area contributed by atoms with Crippen LogP contribution in [0.5, 0.6) is 0 Å². The summed E-state index contributed by atoms with van der Waals surface area (Å²) in [6, 6.07) is 23.5. The maximum Gasteiger partial charge on any atom is 0.270 e. The van der Waals surface area contributed by atoms with Crippen molar-refractivity contribution in [2.24, 2.45) is 4.99 Å². The highest BCUT2D eigenvalue weighted by molar-refractivity contribution is 5.81. The van der Waals surface area contributed by atoms with Gasteiger partial charge in [-0.1, -0.05) is 25.1 Å². The third-order valence-corrected chi connectivity index (χ3v) is 5.28. The van der Waals surface area contributed by atoms with Crippen molar-refractivity contribution in [3.8, 4) is 22.8 Å². The van der Waals surface area contributed by atoms with Crippen LogP contribution in [-0.4, -0.2) is 16.1 Å². The van der Waals surface area contributed by atoms with Gasteiger partial charge in [0, 0.05) is 23.3 Å². The highest BCUT2D eigenvalue weighted by Gasteiger charge is 2.10. The first-order valence-corrected chi connectivity index (χ1v) is 10.5. The van der Waals surface area contributed by atoms with Crippen LogP contribution in [0, 0.1) is 10.1 Å². The number of furan rings is 1. The normalized spacial score (nSPS) is 11.4. The quantitative estimate of drug-likeness (QED) is 0.162. The van der Waals surface area contributed by atoms with Gasteiger partial charge in [-0.15, -0.1) is 0 Å². The van der Waals surface area contributed by atoms with Crippen molar-refractivity contribution in [2.75, 3.05) is 0 Å². The van der Waals surface area contributed by atoms with Gasteiger partial charge in [-0.2, -0.15) is 0 Å². The SMILES string of the molecule is CCc1ccc2oc(-c3ccc(N=Cc4ccc(-c5cccc([N+](=O)[O-])c5)o4)cc3)nc2c1. The van der Waals surface area contributed by atoms with Crippen LogP contribution in [0.2, 0.25) is 0 Å². The highest BCUT2D eigenvalue weighted by Crippen LogP contribution is 2.28. The third-order valence-electron chi connectivity index (χ3n) is 5.28. The Bertz CT molecular complexity index is 1480. The number of benzene rings is 3. The molecule has 0 aliphatic carbocycles. The number of nitrogens with zero attached hydrogens (tertiary/aromatic N) is 3. The van der Waals surface area contributed by atoms with Crippen molar-refractivity contribution in [3.05, 3.63) is 100 Å². The van der Waals surface area contributed by atoms with Crippen LogP contribution in [0.4, 0.5) is 11.4 Å². The lowest BCUT2D eigenvalue weighted by atomic mass is 10.1. The summed E-state index contributed by atoms with van der Waals surface area (Å²) in [5.74, 6) is 1.66. The summed E-state index contributed by atoms with van der Waals surface area (Å²) in [5.41, 5.74) is 5.11. The Morgan fingerprint density at radius 3 is 2.61 bits per heavy atom. The number of non-ortho nitro benzene ring substituents is 1. The number of oxazole rings is 1. The molecule has 5 rings (SSSR count). The maximum atomic E-state index is 11.0. The lowest BCUT2D eigenvalue weighted by molar-refractivity contribution is -0.384. The van der Waals surface area contributed by atoms with E-state index in [1.807, 2.05) is 42.5 Å². The predicted molar refractivity (Wildman–Crippen MR) is 127 cm³/mol. The molecule has 0 aliphatic heterocycles. The molecule has 0 spiro atoms. The van der Waals surface area contributed by atoms with Crippen molar-refractivity contribution in [1.82, 2.24) is 4.98 Å². The van der Waals surface area contributed by atoms with Crippen molar-refractivity contribution in [3.63, 3.8) is 0 Å². The molecule has 0 N–H and O–H groups in total. The van der Waals surface area contributed by atoms with Crippen LogP contribution < -0.4 is 0 Å². The minimum atomic E-state index is -0.429. The topological polar surface area (TPSA) is 94.7 Å². The lowest BCUT2D eigenvalue weighted by Crippen LogP contribution is -1.87. The van der Waals surface area contributed by atoms with E-state index in [2.05, 4.69) is 16.9 Å². The fourth-order valence-electron chi connectivity index (χ4n) is 3.49. The van der Waals surface area contributed by atoms with E-state index in [4.69, 9.17) is 8.83 Å². The molecule has 0 atom stereocenters. The van der Waals surface area contributed by atoms with Crippen LogP contribution in [0.15, 0.2) is 92.7 Å². The molecular weight excluding hydrogens is 418 g/mol. The number of fused-ring (bicyclic) bond motifs is 1. The second-order valence-electron chi connectivity index (χ2n) is 7.49. The smallest absolute Gasteiger partial charge is 0.270 e. The van der Waals surface area contributed by atoms with Gasteiger partial charge in [-0.3, -0.25) is 15.1 Å². The van der Waals surface area contributed by atoms with E-state index in [9.17, 15) is 10.1 Å². The summed E-state index contributed by atoms with van der Waals surface area (Å²) in [6.07, 6.45) is 2.56. The summed E-state index contributed by atoms with van der Waals surface area (Å²) in [7, 11) is 0. The van der Waals surface area contributed by atoms with Crippen LogP contribution in [-0.2, 0) is 6.42 Å². The zero-order chi connectivity index (χ0) is 22.8. The van der Waals surface area contributed by atoms with Gasteiger partial charge in [-0.25, -0.2) is 4.98 Å². The Morgan fingerprint density at radius 1 is 0.970 bits per heavy atom. The monoisotopic (exact) mass is 437 g/mol. The molecule has 0 amide bonds. The molecule has 0 saturated heterocycles. The number of aromatic nitrogens is 1. The molecule has 7 nitrogen and oxygen atoms in total. The van der Waals surface area contributed by atoms with Crippen molar-refractivity contribution < 1.29 is 13.8 Å². The molecule has 0 saturated carbocycles. The second kappa shape index (κ2) is 8.55. The van der Waals surface area contributed by atoms with E-state index in [1.165, 1.54) is 17.7 Å². The van der Waals surface area contributed by atoms with E-state index in [0.717, 1.165) is 28.8 Å². The van der Waals surface area contributed by atoms with Gasteiger partial charge in [0.15, 0.2) is 5.58 Å². The van der Waals surface area contributed by atoms with Gasteiger partial charge >= 0.3 is 0 Å². The van der Waals surface area contributed by atoms with E-state index < -0.39 is 4.92 Å². The summed E-state index contributed by atoms with van der Waals surface area (Å²) in [4.78, 5) is 19.6. The highest BCUT2D eigenvalue weighted by atomic mass is 16.6. The van der Waals surface area contributed by atoms with Gasteiger partial charge in [0.25, 0.3) is 5.69 Å². The molecule has 162 valence electrons. The van der Waals surface area contributed by atoms with Gasteiger partial charge in [-0.05, 0) is 60.5 Å². The Balaban J connectivity index is 1.32. The first-order valence-electron chi connectivity index (χ1n) is 10.5. The Kier molecular flexibility index (Phi) is 5.28. The number of nitro groups is 1. The average molecular weight is 437 g/mol. The molecule has 7 heteroatoms. The zero-order valence-electron chi connectivity index (χ0n) is 17.8. The molecule has 33 heavy (non-hydrogen) atoms. The summed E-state index contributed by atoms with van der Waals surface area (Å²) in [6.45, 7) is 2.11. The molecular formula is C26H19N3O4. The van der Waals surface area contributed by atoms with Crippen molar-refractivity contribution in [1.29, 1.82) is 0 Å². The van der Waals surface area contributed by atoms with Crippen LogP contribution in [0.25, 0.3) is 33.9 Å². The molecule has 0 aliphatic rings. The number of aryl methyl sites for hydroxylation is 1. The van der Waals surface area contributed by atoms with Gasteiger partial charge < -0.3 is 8.83 Å². The number of nitro benzene ring substituents is 1. The van der Waals surface area contributed by atoms with Gasteiger partial charge in [0.2, 0.25) is 5.89 Å². The first-order chi connectivity index (χ1) is 16.1. The third kappa shape index (κ3) is 4.29. The first kappa shape index (κ1) is 20.4. The minimum absolute atomic E-state index is 0.0175. The standard InChI is InChI=1S/C26H19N3O4/c1-2-17-6-12-25-23(14-17)28-26(33-25)18-7-9-20(10-8-18)27-16-22-11-13-24(32-22)19-4-3-5-21(15-19)29(30)31/h3-16H,2H2,1H3. The molecule has 3 aromatic carbocycles. The Hall–Kier alpha value is -4.52. The Morgan fingerprint density at radius 2 is 1.82 bits per heavy atom. The minimum Gasteiger partial charge on any atom is -0.455 e. The largest absolute Gasteiger partial charge is 0.455 e. The predicted octanol–water partition coefficient (Wildman–Crippen LogP) is 6.98. The molecule has 2 aromatic heterocycles. The van der Waals surface area contributed by atoms with Crippen LogP contribution in [0.3, 0.4) is 0 Å². The molecule has 0 bridgehead atoms. The maximum absolute atomic E-state index is 11.0. The van der Waals surface area contributed by atoms with Gasteiger partial charge in [0.1, 0.15) is 17.0 Å². The summed E-state index contributed by atoms with van der Waals surface area (Å²) >= 11 is 0. The molecule has 2 heterocycles. The average Bonchev–Trinajstić information content (AvgIpc) is 3.50. The molecule has 0 radical (unpaired) electrons. The molecule has 0 fully saturated rings. The lowest BCUT2D eigenvalue weighted by Gasteiger charge is -1.97. The number of hydrogen-bond donors (Lipinski definition) is 0. The molecule has 5 aromatic rings. The Labute approximate surface area is 189 Å². The van der Waals surface area contributed by atoms with E-state index in [1.54, 1.807) is 30.5 Å². The second-order valence-corrected chi connectivity index (χ2v) is 7.49. The molecule has 0 unspecified atom stereocenters.